The van der Waals surface area contributed by atoms with Gasteiger partial charge in [-0.3, -0.25) is 0 Å². The Bertz CT molecular complexity index is 314. The van der Waals surface area contributed by atoms with Crippen molar-refractivity contribution in [3.63, 3.8) is 0 Å². The fourth-order valence-electron chi connectivity index (χ4n) is 1.17. The smallest absolute Gasteiger partial charge is 0.235 e. The van der Waals surface area contributed by atoms with E-state index in [0.717, 1.165) is 5.59 Å². The summed E-state index contributed by atoms with van der Waals surface area (Å²) in [5.41, 5.74) is 7.13. The molecule has 0 radical (unpaired) electrons. The monoisotopic (exact) mass is 181 g/mol. The third-order valence-corrected chi connectivity index (χ3v) is 1.89. The van der Waals surface area contributed by atoms with E-state index in [1.807, 2.05) is 7.85 Å². The van der Waals surface area contributed by atoms with E-state index in [4.69, 9.17) is 10.5 Å². The van der Waals surface area contributed by atoms with Crippen molar-refractivity contribution in [3.8, 4) is 5.88 Å². The average molecular weight is 181 g/mol. The van der Waals surface area contributed by atoms with Gasteiger partial charge in [-0.25, -0.2) is 4.68 Å². The Morgan fingerprint density at radius 1 is 1.46 bits per heavy atom. The van der Waals surface area contributed by atoms with Crippen LogP contribution in [0.1, 0.15) is 20.8 Å². The number of aromatic nitrogens is 2. The zero-order chi connectivity index (χ0) is 10.2. The molecule has 5 heteroatoms. The topological polar surface area (TPSA) is 53.1 Å². The molecule has 0 unspecified atom stereocenters. The summed E-state index contributed by atoms with van der Waals surface area (Å²) in [7, 11) is 3.48. The van der Waals surface area contributed by atoms with Gasteiger partial charge in [-0.15, -0.1) is 0 Å². The quantitative estimate of drug-likeness (QED) is 0.593. The molecule has 0 fully saturated rings. The van der Waals surface area contributed by atoms with Crippen molar-refractivity contribution in [3.05, 3.63) is 0 Å². The van der Waals surface area contributed by atoms with Gasteiger partial charge in [0.25, 0.3) is 0 Å². The first-order chi connectivity index (χ1) is 5.88. The number of nitrogen functional groups attached to an aromatic ring is 1. The third-order valence-electron chi connectivity index (χ3n) is 1.89. The van der Waals surface area contributed by atoms with Gasteiger partial charge in [0.05, 0.1) is 12.6 Å². The predicted molar refractivity (Wildman–Crippen MR) is 56.4 cm³/mol. The highest BCUT2D eigenvalue weighted by atomic mass is 16.5. The lowest BCUT2D eigenvalue weighted by Crippen LogP contribution is -2.25. The van der Waals surface area contributed by atoms with Crippen LogP contribution in [0.2, 0.25) is 0 Å². The molecule has 0 aliphatic rings. The van der Waals surface area contributed by atoms with Crippen LogP contribution in [0.4, 0.5) is 5.69 Å². The van der Waals surface area contributed by atoms with Crippen molar-refractivity contribution in [1.29, 1.82) is 0 Å². The average Bonchev–Trinajstić information content (AvgIpc) is 2.28. The molecule has 1 rings (SSSR count). The van der Waals surface area contributed by atoms with Crippen molar-refractivity contribution in [1.82, 2.24) is 9.78 Å². The van der Waals surface area contributed by atoms with Gasteiger partial charge in [-0.05, 0) is 20.8 Å². The van der Waals surface area contributed by atoms with Gasteiger partial charge in [0, 0.05) is 5.59 Å². The zero-order valence-corrected chi connectivity index (χ0v) is 8.88. The maximum atomic E-state index is 5.80. The second kappa shape index (κ2) is 2.98. The Morgan fingerprint density at radius 2 is 2.00 bits per heavy atom. The maximum Gasteiger partial charge on any atom is 0.235 e. The molecule has 1 aromatic rings. The van der Waals surface area contributed by atoms with Gasteiger partial charge in [0.1, 0.15) is 5.69 Å². The van der Waals surface area contributed by atoms with E-state index >= 15 is 0 Å². The number of rotatable bonds is 1. The SMILES string of the molecule is Bc1nn(C(C)(C)C)c(OC)c1N. The van der Waals surface area contributed by atoms with Crippen LogP contribution >= 0.6 is 0 Å². The van der Waals surface area contributed by atoms with Crippen molar-refractivity contribution >= 4 is 19.1 Å². The molecule has 0 amide bonds. The molecule has 0 aromatic carbocycles. The van der Waals surface area contributed by atoms with E-state index in [1.165, 1.54) is 0 Å². The van der Waals surface area contributed by atoms with Crippen LogP contribution in [0.25, 0.3) is 0 Å². The fraction of sp³-hybridized carbons (Fsp3) is 0.625. The van der Waals surface area contributed by atoms with E-state index < -0.39 is 0 Å². The summed E-state index contributed by atoms with van der Waals surface area (Å²) in [6, 6.07) is 0. The molecule has 0 atom stereocenters. The summed E-state index contributed by atoms with van der Waals surface area (Å²) < 4.78 is 7.00. The van der Waals surface area contributed by atoms with Gasteiger partial charge >= 0.3 is 0 Å². The van der Waals surface area contributed by atoms with E-state index in [0.29, 0.717) is 11.6 Å². The van der Waals surface area contributed by atoms with Gasteiger partial charge in [-0.1, -0.05) is 0 Å². The number of hydrogen-bond donors (Lipinski definition) is 1. The van der Waals surface area contributed by atoms with E-state index in [1.54, 1.807) is 11.8 Å². The van der Waals surface area contributed by atoms with Gasteiger partial charge < -0.3 is 10.5 Å². The van der Waals surface area contributed by atoms with Crippen LogP contribution in [0.15, 0.2) is 0 Å². The van der Waals surface area contributed by atoms with Crippen LogP contribution in [-0.2, 0) is 5.54 Å². The number of hydrogen-bond acceptors (Lipinski definition) is 3. The largest absolute Gasteiger partial charge is 0.480 e. The van der Waals surface area contributed by atoms with E-state index in [9.17, 15) is 0 Å². The summed E-state index contributed by atoms with van der Waals surface area (Å²) in [6.45, 7) is 6.17. The Balaban J connectivity index is 3.30. The molecular weight excluding hydrogens is 165 g/mol. The molecule has 13 heavy (non-hydrogen) atoms. The molecular formula is C8H16BN3O. The number of nitrogens with zero attached hydrogens (tertiary/aromatic N) is 2. The lowest BCUT2D eigenvalue weighted by atomic mass is 10.0. The maximum absolute atomic E-state index is 5.80. The third kappa shape index (κ3) is 1.64. The van der Waals surface area contributed by atoms with Gasteiger partial charge in [0.15, 0.2) is 7.85 Å². The van der Waals surface area contributed by atoms with E-state index in [-0.39, 0.29) is 5.54 Å². The first-order valence-electron chi connectivity index (χ1n) is 4.27. The Kier molecular flexibility index (Phi) is 2.28. The number of nitrogens with two attached hydrogens (primary N) is 1. The molecule has 0 saturated carbocycles. The number of anilines is 1. The fourth-order valence-corrected chi connectivity index (χ4v) is 1.17. The first kappa shape index (κ1) is 9.96. The highest BCUT2D eigenvalue weighted by molar-refractivity contribution is 6.34. The molecule has 72 valence electrons. The van der Waals surface area contributed by atoms with Gasteiger partial charge in [0.2, 0.25) is 5.88 Å². The molecule has 0 bridgehead atoms. The van der Waals surface area contributed by atoms with Crippen LogP contribution in [0, 0.1) is 0 Å². The van der Waals surface area contributed by atoms with Crippen LogP contribution in [0.5, 0.6) is 5.88 Å². The lowest BCUT2D eigenvalue weighted by molar-refractivity contribution is 0.284. The highest BCUT2D eigenvalue weighted by Gasteiger charge is 2.22. The molecule has 0 spiro atoms. The van der Waals surface area contributed by atoms with Crippen molar-refractivity contribution in [2.45, 2.75) is 26.3 Å². The minimum Gasteiger partial charge on any atom is -0.480 e. The molecule has 1 aromatic heterocycles. The Morgan fingerprint density at radius 3 is 2.31 bits per heavy atom. The summed E-state index contributed by atoms with van der Waals surface area (Å²) in [4.78, 5) is 0. The predicted octanol–water partition coefficient (Wildman–Crippen LogP) is -0.513. The molecule has 0 aliphatic heterocycles. The molecule has 1 heterocycles. The first-order valence-corrected chi connectivity index (χ1v) is 4.27. The number of ether oxygens (including phenoxy) is 1. The highest BCUT2D eigenvalue weighted by Crippen LogP contribution is 2.25. The molecule has 2 N–H and O–H groups in total. The molecule has 0 saturated heterocycles. The standard InChI is InChI=1S/C8H16BN3O/c1-8(2,3)12-7(13-4)5(10)6(9)11-12/h9-10H2,1-4H3. The second-order valence-corrected chi connectivity index (χ2v) is 4.09. The normalized spacial score (nSPS) is 11.7. The summed E-state index contributed by atoms with van der Waals surface area (Å²) in [5.74, 6) is 0.644. The minimum absolute atomic E-state index is 0.103. The Labute approximate surface area is 79.5 Å². The van der Waals surface area contributed by atoms with Crippen molar-refractivity contribution < 1.29 is 4.74 Å². The lowest BCUT2D eigenvalue weighted by Gasteiger charge is -2.21. The van der Waals surface area contributed by atoms with Crippen LogP contribution < -0.4 is 16.1 Å². The zero-order valence-electron chi connectivity index (χ0n) is 8.88. The summed E-state index contributed by atoms with van der Waals surface area (Å²) in [5, 5.41) is 4.32. The summed E-state index contributed by atoms with van der Waals surface area (Å²) in [6.07, 6.45) is 0. The van der Waals surface area contributed by atoms with Gasteiger partial charge in [-0.2, -0.15) is 5.10 Å². The molecule has 0 aliphatic carbocycles. The van der Waals surface area contributed by atoms with Crippen molar-refractivity contribution in [2.75, 3.05) is 12.8 Å². The van der Waals surface area contributed by atoms with Crippen LogP contribution in [0.3, 0.4) is 0 Å². The van der Waals surface area contributed by atoms with Crippen LogP contribution in [-0.4, -0.2) is 24.7 Å². The minimum atomic E-state index is -0.103. The number of methoxy groups -OCH3 is 1. The molecule has 4 nitrogen and oxygen atoms in total. The summed E-state index contributed by atoms with van der Waals surface area (Å²) >= 11 is 0. The van der Waals surface area contributed by atoms with Crippen molar-refractivity contribution in [2.24, 2.45) is 0 Å². The Hall–Kier alpha value is -1.13. The van der Waals surface area contributed by atoms with E-state index in [2.05, 4.69) is 25.9 Å². The second-order valence-electron chi connectivity index (χ2n) is 4.09.